The average molecular weight is 317 g/mol. The van der Waals surface area contributed by atoms with Crippen molar-refractivity contribution in [2.24, 2.45) is 5.92 Å². The van der Waals surface area contributed by atoms with Crippen LogP contribution in [0.1, 0.15) is 33.1 Å². The van der Waals surface area contributed by atoms with E-state index in [0.29, 0.717) is 0 Å². The van der Waals surface area contributed by atoms with E-state index >= 15 is 0 Å². The smallest absolute Gasteiger partial charge is 0.0203 e. The molecule has 1 unspecified atom stereocenters. The Morgan fingerprint density at radius 3 is 1.62 bits per heavy atom. The summed E-state index contributed by atoms with van der Waals surface area (Å²) < 4.78 is 0. The first-order valence-corrected chi connectivity index (χ1v) is 11.6. The van der Waals surface area contributed by atoms with Gasteiger partial charge in [0, 0.05) is 0 Å². The van der Waals surface area contributed by atoms with Gasteiger partial charge in [-0.25, -0.2) is 0 Å². The zero-order valence-electron chi connectivity index (χ0n) is 13.2. The lowest BCUT2D eigenvalue weighted by atomic mass is 10.0. The minimum atomic E-state index is -1.34. The van der Waals surface area contributed by atoms with Crippen LogP contribution >= 0.6 is 15.9 Å². The van der Waals surface area contributed by atoms with E-state index in [-0.39, 0.29) is 0 Å². The van der Waals surface area contributed by atoms with Gasteiger partial charge in [0.2, 0.25) is 0 Å². The molecule has 0 aliphatic carbocycles. The molecule has 0 aliphatic rings. The van der Waals surface area contributed by atoms with Gasteiger partial charge in [-0.05, 0) is 29.1 Å². The number of rotatable bonds is 7. The zero-order chi connectivity index (χ0) is 15.1. The fourth-order valence-electron chi connectivity index (χ4n) is 2.88. The van der Waals surface area contributed by atoms with Gasteiger partial charge in [0.1, 0.15) is 0 Å². The van der Waals surface area contributed by atoms with Gasteiger partial charge in [0.05, 0.1) is 0 Å². The Balaban J connectivity index is 2.31. The molecular weight excluding hydrogens is 290 g/mol. The molecule has 0 spiro atoms. The first kappa shape index (κ1) is 16.7. The SMILES string of the molecule is CCC(CC)CC[P](P)(c1ccccc1)c1ccccc1. The number of hydrogen-bond acceptors (Lipinski definition) is 0. The largest absolute Gasteiger partial charge is 0.107 e. The average Bonchev–Trinajstić information content (AvgIpc) is 2.57. The molecule has 2 heteroatoms. The van der Waals surface area contributed by atoms with E-state index in [1.165, 1.54) is 36.0 Å². The lowest BCUT2D eigenvalue weighted by Gasteiger charge is -2.34. The summed E-state index contributed by atoms with van der Waals surface area (Å²) in [4.78, 5) is 0. The van der Waals surface area contributed by atoms with Crippen LogP contribution in [0.4, 0.5) is 0 Å². The third kappa shape index (κ3) is 4.15. The molecule has 0 nitrogen and oxygen atoms in total. The normalized spacial score (nSPS) is 11.8. The van der Waals surface area contributed by atoms with Crippen molar-refractivity contribution in [2.75, 3.05) is 6.16 Å². The fraction of sp³-hybridized carbons (Fsp3) is 0.368. The Bertz CT molecular complexity index is 478. The molecule has 1 atom stereocenters. The maximum absolute atomic E-state index is 3.26. The molecule has 0 amide bonds. The predicted molar refractivity (Wildman–Crippen MR) is 102 cm³/mol. The molecule has 0 aliphatic heterocycles. The summed E-state index contributed by atoms with van der Waals surface area (Å²) in [5, 5.41) is 3.01. The van der Waals surface area contributed by atoms with Crippen LogP contribution < -0.4 is 10.6 Å². The summed E-state index contributed by atoms with van der Waals surface area (Å²) in [5.74, 6) is 0.859. The van der Waals surface area contributed by atoms with Crippen molar-refractivity contribution in [3.8, 4) is 0 Å². The van der Waals surface area contributed by atoms with Gasteiger partial charge in [-0.15, -0.1) is 8.93 Å². The Labute approximate surface area is 132 Å². The molecule has 0 N–H and O–H groups in total. The Morgan fingerprint density at radius 2 is 1.24 bits per heavy atom. The Morgan fingerprint density at radius 1 is 0.810 bits per heavy atom. The topological polar surface area (TPSA) is 0 Å². The van der Waals surface area contributed by atoms with E-state index in [9.17, 15) is 0 Å². The number of benzene rings is 2. The van der Waals surface area contributed by atoms with Crippen molar-refractivity contribution in [1.82, 2.24) is 0 Å². The standard InChI is InChI=1S/C19H27P2/c1-3-17(4-2)15-16-21(20,18-11-7-5-8-12-18)19-13-9-6-10-14-19/h5-14,17H,3-4,15-16,20H2,1-2H3. The van der Waals surface area contributed by atoms with Crippen LogP contribution in [0, 0.1) is 5.92 Å². The van der Waals surface area contributed by atoms with Crippen LogP contribution in [0.15, 0.2) is 60.7 Å². The van der Waals surface area contributed by atoms with Crippen molar-refractivity contribution in [3.05, 3.63) is 60.7 Å². The van der Waals surface area contributed by atoms with E-state index in [2.05, 4.69) is 83.4 Å². The number of hydrogen-bond donors (Lipinski definition) is 0. The predicted octanol–water partition coefficient (Wildman–Crippen LogP) is 5.27. The summed E-state index contributed by atoms with van der Waals surface area (Å²) in [6.45, 7) is 3.31. The molecule has 0 aromatic heterocycles. The minimum absolute atomic E-state index is 0.859. The molecule has 2 aromatic carbocycles. The summed E-state index contributed by atoms with van der Waals surface area (Å²) in [5.41, 5.74) is 0. The molecule has 21 heavy (non-hydrogen) atoms. The molecule has 0 bridgehead atoms. The van der Waals surface area contributed by atoms with E-state index in [1.54, 1.807) is 0 Å². The molecule has 2 aromatic rings. The van der Waals surface area contributed by atoms with Crippen LogP contribution in [0.5, 0.6) is 0 Å². The van der Waals surface area contributed by atoms with Crippen LogP contribution in [-0.2, 0) is 0 Å². The highest BCUT2D eigenvalue weighted by molar-refractivity contribution is 8.32. The quantitative estimate of drug-likeness (QED) is 0.610. The molecular formula is C19H27P2. The second-order valence-electron chi connectivity index (χ2n) is 5.73. The first-order valence-electron chi connectivity index (χ1n) is 7.98. The van der Waals surface area contributed by atoms with E-state index in [0.717, 1.165) is 5.92 Å². The third-order valence-corrected chi connectivity index (χ3v) is 10.4. The maximum Gasteiger partial charge on any atom is -0.0203 e. The first-order chi connectivity index (χ1) is 10.2. The van der Waals surface area contributed by atoms with Gasteiger partial charge in [0.15, 0.2) is 0 Å². The fourth-order valence-corrected chi connectivity index (χ4v) is 7.35. The van der Waals surface area contributed by atoms with Gasteiger partial charge in [0.25, 0.3) is 0 Å². The van der Waals surface area contributed by atoms with Crippen LogP contribution in [0.2, 0.25) is 0 Å². The highest BCUT2D eigenvalue weighted by Crippen LogP contribution is 2.64. The van der Waals surface area contributed by atoms with Gasteiger partial charge < -0.3 is 0 Å². The molecule has 0 saturated heterocycles. The summed E-state index contributed by atoms with van der Waals surface area (Å²) in [6.07, 6.45) is 5.21. The zero-order valence-corrected chi connectivity index (χ0v) is 15.3. The molecule has 113 valence electrons. The van der Waals surface area contributed by atoms with Gasteiger partial charge in [-0.2, -0.15) is 0 Å². The second kappa shape index (κ2) is 8.07. The van der Waals surface area contributed by atoms with Crippen molar-refractivity contribution in [2.45, 2.75) is 33.1 Å². The Hall–Kier alpha value is -0.700. The van der Waals surface area contributed by atoms with Crippen molar-refractivity contribution in [3.63, 3.8) is 0 Å². The van der Waals surface area contributed by atoms with Crippen LogP contribution in [0.25, 0.3) is 0 Å². The Kier molecular flexibility index (Phi) is 6.40. The molecule has 2 rings (SSSR count). The lowest BCUT2D eigenvalue weighted by Crippen LogP contribution is -2.21. The van der Waals surface area contributed by atoms with Crippen LogP contribution in [0.3, 0.4) is 0 Å². The van der Waals surface area contributed by atoms with Crippen molar-refractivity contribution < 1.29 is 0 Å². The molecule has 0 heterocycles. The summed E-state index contributed by atoms with van der Waals surface area (Å²) >= 11 is 0. The monoisotopic (exact) mass is 317 g/mol. The van der Waals surface area contributed by atoms with Gasteiger partial charge >= 0.3 is 0 Å². The van der Waals surface area contributed by atoms with Gasteiger partial charge in [-0.3, -0.25) is 0 Å². The highest BCUT2D eigenvalue weighted by Gasteiger charge is 2.26. The van der Waals surface area contributed by atoms with Crippen LogP contribution in [-0.4, -0.2) is 6.16 Å². The lowest BCUT2D eigenvalue weighted by molar-refractivity contribution is 0.480. The second-order valence-corrected chi connectivity index (χ2v) is 11.6. The van der Waals surface area contributed by atoms with Crippen molar-refractivity contribution >= 4 is 26.5 Å². The van der Waals surface area contributed by atoms with E-state index < -0.39 is 6.95 Å². The molecule has 0 fully saturated rings. The molecule has 0 saturated carbocycles. The summed E-state index contributed by atoms with van der Waals surface area (Å²) in [6, 6.07) is 22.2. The molecule has 1 radical (unpaired) electrons. The maximum atomic E-state index is 3.26. The van der Waals surface area contributed by atoms with E-state index in [1.807, 2.05) is 0 Å². The van der Waals surface area contributed by atoms with Gasteiger partial charge in [-0.1, -0.05) is 94.3 Å². The van der Waals surface area contributed by atoms with Crippen molar-refractivity contribution in [1.29, 1.82) is 0 Å². The summed E-state index contributed by atoms with van der Waals surface area (Å²) in [7, 11) is 3.26. The minimum Gasteiger partial charge on any atom is -0.107 e. The third-order valence-electron chi connectivity index (χ3n) is 4.48. The highest BCUT2D eigenvalue weighted by atomic mass is 32.1. The van der Waals surface area contributed by atoms with E-state index in [4.69, 9.17) is 0 Å².